The van der Waals surface area contributed by atoms with E-state index in [0.717, 1.165) is 0 Å². The van der Waals surface area contributed by atoms with E-state index >= 15 is 0 Å². The number of anilines is 1. The molecule has 0 radical (unpaired) electrons. The summed E-state index contributed by atoms with van der Waals surface area (Å²) in [6, 6.07) is 7.59. The Hall–Kier alpha value is -2.47. The number of hydrogen-bond acceptors (Lipinski definition) is 5. The van der Waals surface area contributed by atoms with E-state index in [1.807, 2.05) is 0 Å². The zero-order valence-electron chi connectivity index (χ0n) is 15.5. The molecule has 0 bridgehead atoms. The highest BCUT2D eigenvalue weighted by atomic mass is 79.9. The van der Waals surface area contributed by atoms with Crippen LogP contribution in [0.4, 0.5) is 5.69 Å². The van der Waals surface area contributed by atoms with Gasteiger partial charge in [-0.25, -0.2) is 9.67 Å². The molecule has 9 nitrogen and oxygen atoms in total. The third-order valence-electron chi connectivity index (χ3n) is 3.74. The molecule has 0 saturated heterocycles. The molecule has 1 aromatic carbocycles. The number of halogens is 4. The van der Waals surface area contributed by atoms with Crippen molar-refractivity contribution >= 4 is 78.5 Å². The highest BCUT2D eigenvalue weighted by Crippen LogP contribution is 2.31. The fraction of sp³-hybridized carbons (Fsp3) is 0.0556. The fourth-order valence-corrected chi connectivity index (χ4v) is 3.96. The van der Waals surface area contributed by atoms with Crippen LogP contribution in [-0.2, 0) is 4.79 Å². The number of nitrogens with one attached hydrogen (secondary N) is 3. The molecular weight excluding hydrogens is 579 g/mol. The first-order chi connectivity index (χ1) is 14.7. The highest BCUT2D eigenvalue weighted by molar-refractivity contribution is 9.10. The summed E-state index contributed by atoms with van der Waals surface area (Å²) in [5.41, 5.74) is 4.66. The zero-order chi connectivity index (χ0) is 22.7. The van der Waals surface area contributed by atoms with Gasteiger partial charge in [-0.15, -0.1) is 0 Å². The standard InChI is InChI=1S/C18H12Br2Cl2N6O3/c1-8(29)25-26-17(30)10-5-9(21)6-11(19)15(10)24-18(31)13-7-14(20)27-28(13)16-12(22)3-2-4-23-16/h2-7H,1H3,(H,24,31)(H,25,29)(H,26,30). The Labute approximate surface area is 202 Å². The summed E-state index contributed by atoms with van der Waals surface area (Å²) in [5, 5.41) is 7.41. The molecule has 2 heterocycles. The molecule has 0 unspecified atom stereocenters. The van der Waals surface area contributed by atoms with E-state index < -0.39 is 17.7 Å². The van der Waals surface area contributed by atoms with Crippen LogP contribution in [0, 0.1) is 0 Å². The summed E-state index contributed by atoms with van der Waals surface area (Å²) in [6.07, 6.45) is 1.51. The van der Waals surface area contributed by atoms with Crippen LogP contribution in [0.5, 0.6) is 0 Å². The number of rotatable bonds is 4. The van der Waals surface area contributed by atoms with Gasteiger partial charge in [0.15, 0.2) is 5.82 Å². The van der Waals surface area contributed by atoms with E-state index in [0.29, 0.717) is 9.08 Å². The minimum atomic E-state index is -0.684. The van der Waals surface area contributed by atoms with E-state index in [1.165, 1.54) is 36.0 Å². The monoisotopic (exact) mass is 588 g/mol. The van der Waals surface area contributed by atoms with Crippen LogP contribution in [0.2, 0.25) is 10.0 Å². The van der Waals surface area contributed by atoms with Crippen LogP contribution < -0.4 is 16.2 Å². The first-order valence-electron chi connectivity index (χ1n) is 8.41. The molecule has 0 fully saturated rings. The molecule has 3 N–H and O–H groups in total. The van der Waals surface area contributed by atoms with Gasteiger partial charge in [0, 0.05) is 28.7 Å². The quantitative estimate of drug-likeness (QED) is 0.395. The molecule has 160 valence electrons. The predicted molar refractivity (Wildman–Crippen MR) is 122 cm³/mol. The molecule has 0 aliphatic rings. The summed E-state index contributed by atoms with van der Waals surface area (Å²) in [6.45, 7) is 1.23. The molecule has 31 heavy (non-hydrogen) atoms. The van der Waals surface area contributed by atoms with Crippen LogP contribution in [0.15, 0.2) is 45.6 Å². The molecule has 0 aliphatic heterocycles. The number of amides is 3. The number of carbonyl (C=O) groups is 3. The van der Waals surface area contributed by atoms with Gasteiger partial charge in [0.25, 0.3) is 11.8 Å². The molecule has 0 atom stereocenters. The van der Waals surface area contributed by atoms with Crippen molar-refractivity contribution in [1.82, 2.24) is 25.6 Å². The number of benzene rings is 1. The third-order valence-corrected chi connectivity index (χ3v) is 5.27. The number of nitrogens with zero attached hydrogens (tertiary/aromatic N) is 3. The summed E-state index contributed by atoms with van der Waals surface area (Å²) in [7, 11) is 0. The molecule has 3 aromatic rings. The number of carbonyl (C=O) groups excluding carboxylic acids is 3. The Morgan fingerprint density at radius 2 is 1.81 bits per heavy atom. The lowest BCUT2D eigenvalue weighted by atomic mass is 10.1. The Balaban J connectivity index is 1.99. The first kappa shape index (κ1) is 23.2. The van der Waals surface area contributed by atoms with Crippen LogP contribution in [0.3, 0.4) is 0 Å². The molecule has 3 rings (SSSR count). The molecule has 0 spiro atoms. The summed E-state index contributed by atoms with van der Waals surface area (Å²) >= 11 is 18.8. The van der Waals surface area contributed by atoms with Gasteiger partial charge < -0.3 is 5.32 Å². The lowest BCUT2D eigenvalue weighted by Gasteiger charge is -2.14. The van der Waals surface area contributed by atoms with Gasteiger partial charge in [-0.3, -0.25) is 25.2 Å². The molecule has 0 saturated carbocycles. The van der Waals surface area contributed by atoms with Crippen molar-refractivity contribution in [2.24, 2.45) is 0 Å². The third kappa shape index (κ3) is 5.42. The summed E-state index contributed by atoms with van der Waals surface area (Å²) in [5.74, 6) is -1.51. The molecule has 2 aromatic heterocycles. The van der Waals surface area contributed by atoms with Gasteiger partial charge in [0.05, 0.1) is 16.3 Å². The van der Waals surface area contributed by atoms with E-state index in [9.17, 15) is 14.4 Å². The Kier molecular flexibility index (Phi) is 7.31. The second kappa shape index (κ2) is 9.77. The van der Waals surface area contributed by atoms with Crippen molar-refractivity contribution in [3.8, 4) is 5.82 Å². The number of hydrogen-bond donors (Lipinski definition) is 3. The second-order valence-electron chi connectivity index (χ2n) is 5.97. The fourth-order valence-electron chi connectivity index (χ4n) is 2.48. The average molecular weight is 591 g/mol. The maximum atomic E-state index is 13.1. The second-order valence-corrected chi connectivity index (χ2v) is 8.48. The lowest BCUT2D eigenvalue weighted by Crippen LogP contribution is -2.40. The molecule has 13 heteroatoms. The minimum absolute atomic E-state index is 0.0162. The van der Waals surface area contributed by atoms with E-state index in [1.54, 1.807) is 12.1 Å². The van der Waals surface area contributed by atoms with Gasteiger partial charge in [-0.1, -0.05) is 23.2 Å². The van der Waals surface area contributed by atoms with E-state index in [2.05, 4.69) is 58.1 Å². The SMILES string of the molecule is CC(=O)NNC(=O)c1cc(Cl)cc(Br)c1NC(=O)c1cc(Br)nn1-c1ncccc1Cl. The van der Waals surface area contributed by atoms with Gasteiger partial charge in [0.2, 0.25) is 5.91 Å². The van der Waals surface area contributed by atoms with E-state index in [-0.39, 0.29) is 32.8 Å². The Morgan fingerprint density at radius 1 is 1.06 bits per heavy atom. The van der Waals surface area contributed by atoms with Crippen LogP contribution in [0.25, 0.3) is 5.82 Å². The van der Waals surface area contributed by atoms with Gasteiger partial charge in [-0.05, 0) is 56.1 Å². The van der Waals surface area contributed by atoms with Crippen molar-refractivity contribution in [2.45, 2.75) is 6.92 Å². The van der Waals surface area contributed by atoms with E-state index in [4.69, 9.17) is 23.2 Å². The van der Waals surface area contributed by atoms with Crippen molar-refractivity contribution < 1.29 is 14.4 Å². The summed E-state index contributed by atoms with van der Waals surface area (Å²) in [4.78, 5) is 40.9. The van der Waals surface area contributed by atoms with Crippen molar-refractivity contribution in [1.29, 1.82) is 0 Å². The molecule has 0 aliphatic carbocycles. The number of hydrazine groups is 1. The van der Waals surface area contributed by atoms with Gasteiger partial charge in [0.1, 0.15) is 10.3 Å². The Bertz CT molecular complexity index is 1200. The normalized spacial score (nSPS) is 10.5. The van der Waals surface area contributed by atoms with Crippen molar-refractivity contribution in [3.05, 3.63) is 66.9 Å². The smallest absolute Gasteiger partial charge is 0.274 e. The van der Waals surface area contributed by atoms with Crippen molar-refractivity contribution in [3.63, 3.8) is 0 Å². The number of pyridine rings is 1. The molecule has 3 amide bonds. The Morgan fingerprint density at radius 3 is 2.48 bits per heavy atom. The maximum absolute atomic E-state index is 13.1. The van der Waals surface area contributed by atoms with Gasteiger partial charge in [-0.2, -0.15) is 5.10 Å². The average Bonchev–Trinajstić information content (AvgIpc) is 3.09. The predicted octanol–water partition coefficient (Wildman–Crippen LogP) is 4.13. The zero-order valence-corrected chi connectivity index (χ0v) is 20.2. The van der Waals surface area contributed by atoms with Crippen LogP contribution >= 0.6 is 55.1 Å². The topological polar surface area (TPSA) is 118 Å². The minimum Gasteiger partial charge on any atom is -0.319 e. The van der Waals surface area contributed by atoms with Gasteiger partial charge >= 0.3 is 0 Å². The molecular formula is C18H12Br2Cl2N6O3. The van der Waals surface area contributed by atoms with Crippen LogP contribution in [-0.4, -0.2) is 32.5 Å². The summed E-state index contributed by atoms with van der Waals surface area (Å²) < 4.78 is 1.99. The lowest BCUT2D eigenvalue weighted by molar-refractivity contribution is -0.119. The van der Waals surface area contributed by atoms with Crippen LogP contribution in [0.1, 0.15) is 27.8 Å². The van der Waals surface area contributed by atoms with Crippen molar-refractivity contribution in [2.75, 3.05) is 5.32 Å². The number of aromatic nitrogens is 3. The first-order valence-corrected chi connectivity index (χ1v) is 10.8. The largest absolute Gasteiger partial charge is 0.319 e. The maximum Gasteiger partial charge on any atom is 0.274 e. The highest BCUT2D eigenvalue weighted by Gasteiger charge is 2.23.